The molecule has 0 unspecified atom stereocenters. The van der Waals surface area contributed by atoms with Gasteiger partial charge in [-0.3, -0.25) is 4.79 Å². The summed E-state index contributed by atoms with van der Waals surface area (Å²) in [7, 11) is 0. The predicted molar refractivity (Wildman–Crippen MR) is 68.6 cm³/mol. The van der Waals surface area contributed by atoms with Crippen LogP contribution >= 0.6 is 0 Å². The molecule has 5 heteroatoms. The Morgan fingerprint density at radius 1 is 0.950 bits per heavy atom. The zero-order chi connectivity index (χ0) is 14.7. The zero-order valence-electron chi connectivity index (χ0n) is 10.7. The van der Waals surface area contributed by atoms with Crippen LogP contribution in [0.3, 0.4) is 0 Å². The van der Waals surface area contributed by atoms with Gasteiger partial charge >= 0.3 is 0 Å². The largest absolute Gasteiger partial charge is 0.346 e. The van der Waals surface area contributed by atoms with Crippen molar-refractivity contribution < 1.29 is 18.0 Å². The van der Waals surface area contributed by atoms with Crippen LogP contribution < -0.4 is 5.32 Å². The SMILES string of the molecule is C[C@H](NC(=O)c1cc(F)cc(F)c1)c1ccc(F)cc1. The maximum Gasteiger partial charge on any atom is 0.251 e. The third kappa shape index (κ3) is 3.38. The van der Waals surface area contributed by atoms with Gasteiger partial charge in [-0.15, -0.1) is 0 Å². The summed E-state index contributed by atoms with van der Waals surface area (Å²) in [6, 6.07) is 7.82. The van der Waals surface area contributed by atoms with Gasteiger partial charge in [0.15, 0.2) is 0 Å². The molecule has 2 nitrogen and oxygen atoms in total. The minimum atomic E-state index is -0.815. The Morgan fingerprint density at radius 2 is 1.50 bits per heavy atom. The highest BCUT2D eigenvalue weighted by Gasteiger charge is 2.13. The first-order valence-electron chi connectivity index (χ1n) is 5.98. The number of rotatable bonds is 3. The van der Waals surface area contributed by atoms with Crippen LogP contribution in [0.25, 0.3) is 0 Å². The van der Waals surface area contributed by atoms with E-state index in [1.54, 1.807) is 6.92 Å². The summed E-state index contributed by atoms with van der Waals surface area (Å²) in [5.74, 6) is -2.60. The second-order valence-electron chi connectivity index (χ2n) is 4.40. The summed E-state index contributed by atoms with van der Waals surface area (Å²) < 4.78 is 38.9. The first kappa shape index (κ1) is 14.1. The Hall–Kier alpha value is -2.30. The maximum atomic E-state index is 13.0. The molecule has 0 aliphatic carbocycles. The van der Waals surface area contributed by atoms with Gasteiger partial charge in [0.2, 0.25) is 0 Å². The van der Waals surface area contributed by atoms with Crippen LogP contribution in [0.15, 0.2) is 42.5 Å². The molecule has 1 amide bonds. The van der Waals surface area contributed by atoms with E-state index in [0.717, 1.165) is 12.1 Å². The van der Waals surface area contributed by atoms with Gasteiger partial charge in [0.05, 0.1) is 6.04 Å². The summed E-state index contributed by atoms with van der Waals surface area (Å²) in [6.45, 7) is 1.70. The monoisotopic (exact) mass is 279 g/mol. The van der Waals surface area contributed by atoms with Gasteiger partial charge in [0.25, 0.3) is 5.91 Å². The topological polar surface area (TPSA) is 29.1 Å². The number of carbonyl (C=O) groups excluding carboxylic acids is 1. The Morgan fingerprint density at radius 3 is 2.05 bits per heavy atom. The lowest BCUT2D eigenvalue weighted by atomic mass is 10.1. The normalized spacial score (nSPS) is 12.0. The molecule has 0 aliphatic rings. The number of hydrogen-bond donors (Lipinski definition) is 1. The minimum absolute atomic E-state index is 0.100. The summed E-state index contributed by atoms with van der Waals surface area (Å²) in [6.07, 6.45) is 0. The van der Waals surface area contributed by atoms with Gasteiger partial charge in [-0.1, -0.05) is 12.1 Å². The Bertz CT molecular complexity index is 605. The fourth-order valence-electron chi connectivity index (χ4n) is 1.80. The highest BCUT2D eigenvalue weighted by Crippen LogP contribution is 2.14. The van der Waals surface area contributed by atoms with Gasteiger partial charge in [0, 0.05) is 11.6 Å². The van der Waals surface area contributed by atoms with Crippen molar-refractivity contribution >= 4 is 5.91 Å². The second kappa shape index (κ2) is 5.77. The Labute approximate surface area is 114 Å². The summed E-state index contributed by atoms with van der Waals surface area (Å²) >= 11 is 0. The number of carbonyl (C=O) groups is 1. The number of nitrogens with one attached hydrogen (secondary N) is 1. The molecule has 0 heterocycles. The van der Waals surface area contributed by atoms with Gasteiger partial charge in [-0.2, -0.15) is 0 Å². The first-order chi connectivity index (χ1) is 9.45. The molecule has 0 saturated carbocycles. The van der Waals surface area contributed by atoms with Crippen molar-refractivity contribution in [2.45, 2.75) is 13.0 Å². The standard InChI is InChI=1S/C15H12F3NO/c1-9(10-2-4-12(16)5-3-10)19-15(20)11-6-13(17)8-14(18)7-11/h2-9H,1H3,(H,19,20)/t9-/m0/s1. The molecule has 1 N–H and O–H groups in total. The van der Waals surface area contributed by atoms with E-state index in [1.165, 1.54) is 24.3 Å². The van der Waals surface area contributed by atoms with Crippen molar-refractivity contribution in [1.29, 1.82) is 0 Å². The molecule has 0 radical (unpaired) electrons. The lowest BCUT2D eigenvalue weighted by Gasteiger charge is -2.14. The fraction of sp³-hybridized carbons (Fsp3) is 0.133. The first-order valence-corrected chi connectivity index (χ1v) is 5.98. The molecular weight excluding hydrogens is 267 g/mol. The van der Waals surface area contributed by atoms with Crippen LogP contribution in [0.4, 0.5) is 13.2 Å². The van der Waals surface area contributed by atoms with Gasteiger partial charge in [-0.05, 0) is 36.8 Å². The molecule has 0 aliphatic heterocycles. The molecule has 0 saturated heterocycles. The smallest absolute Gasteiger partial charge is 0.251 e. The number of amides is 1. The van der Waals surface area contributed by atoms with Gasteiger partial charge < -0.3 is 5.32 Å². The van der Waals surface area contributed by atoms with Crippen LogP contribution in [0.1, 0.15) is 28.9 Å². The molecule has 0 aromatic heterocycles. The Kier molecular flexibility index (Phi) is 4.08. The summed E-state index contributed by atoms with van der Waals surface area (Å²) in [5.41, 5.74) is 0.591. The van der Waals surface area contributed by atoms with E-state index in [1.807, 2.05) is 0 Å². The number of benzene rings is 2. The highest BCUT2D eigenvalue weighted by molar-refractivity contribution is 5.94. The lowest BCUT2D eigenvalue weighted by molar-refractivity contribution is 0.0939. The molecule has 104 valence electrons. The average molecular weight is 279 g/mol. The van der Waals surface area contributed by atoms with Crippen LogP contribution in [-0.4, -0.2) is 5.91 Å². The molecule has 0 fully saturated rings. The Balaban J connectivity index is 2.12. The lowest BCUT2D eigenvalue weighted by Crippen LogP contribution is -2.26. The van der Waals surface area contributed by atoms with Gasteiger partial charge in [0.1, 0.15) is 17.5 Å². The molecule has 20 heavy (non-hydrogen) atoms. The predicted octanol–water partition coefficient (Wildman–Crippen LogP) is 3.59. The van der Waals surface area contributed by atoms with Crippen molar-refractivity contribution in [3.05, 3.63) is 71.0 Å². The van der Waals surface area contributed by atoms with E-state index in [-0.39, 0.29) is 11.4 Å². The van der Waals surface area contributed by atoms with Crippen LogP contribution in [0, 0.1) is 17.5 Å². The van der Waals surface area contributed by atoms with Crippen LogP contribution in [0.2, 0.25) is 0 Å². The molecule has 2 aromatic rings. The molecule has 1 atom stereocenters. The number of hydrogen-bond acceptors (Lipinski definition) is 1. The molecule has 0 spiro atoms. The second-order valence-corrected chi connectivity index (χ2v) is 4.40. The average Bonchev–Trinajstić information content (AvgIpc) is 2.38. The molecule has 2 aromatic carbocycles. The van der Waals surface area contributed by atoms with Crippen molar-refractivity contribution in [2.75, 3.05) is 0 Å². The van der Waals surface area contributed by atoms with Crippen molar-refractivity contribution in [1.82, 2.24) is 5.32 Å². The van der Waals surface area contributed by atoms with E-state index < -0.39 is 23.6 Å². The van der Waals surface area contributed by atoms with Gasteiger partial charge in [-0.25, -0.2) is 13.2 Å². The van der Waals surface area contributed by atoms with E-state index in [9.17, 15) is 18.0 Å². The molecule has 0 bridgehead atoms. The van der Waals surface area contributed by atoms with Crippen molar-refractivity contribution in [3.63, 3.8) is 0 Å². The van der Waals surface area contributed by atoms with E-state index in [4.69, 9.17) is 0 Å². The third-order valence-corrected chi connectivity index (χ3v) is 2.84. The van der Waals surface area contributed by atoms with Crippen LogP contribution in [0.5, 0.6) is 0 Å². The van der Waals surface area contributed by atoms with Crippen LogP contribution in [-0.2, 0) is 0 Å². The maximum absolute atomic E-state index is 13.0. The number of halogens is 3. The third-order valence-electron chi connectivity index (χ3n) is 2.84. The highest BCUT2D eigenvalue weighted by atomic mass is 19.1. The fourth-order valence-corrected chi connectivity index (χ4v) is 1.80. The molecule has 2 rings (SSSR count). The zero-order valence-corrected chi connectivity index (χ0v) is 10.7. The molecular formula is C15H12F3NO. The summed E-state index contributed by atoms with van der Waals surface area (Å²) in [4.78, 5) is 11.9. The van der Waals surface area contributed by atoms with E-state index >= 15 is 0 Å². The van der Waals surface area contributed by atoms with E-state index in [2.05, 4.69) is 5.32 Å². The summed E-state index contributed by atoms with van der Waals surface area (Å²) in [5, 5.41) is 2.59. The van der Waals surface area contributed by atoms with E-state index in [0.29, 0.717) is 11.6 Å². The minimum Gasteiger partial charge on any atom is -0.346 e. The van der Waals surface area contributed by atoms with Crippen molar-refractivity contribution in [2.24, 2.45) is 0 Å². The quantitative estimate of drug-likeness (QED) is 0.914. The van der Waals surface area contributed by atoms with Crippen molar-refractivity contribution in [3.8, 4) is 0 Å².